The number of aryl methyl sites for hydroxylation is 1. The van der Waals surface area contributed by atoms with Crippen molar-refractivity contribution in [3.63, 3.8) is 0 Å². The minimum atomic E-state index is 0. The van der Waals surface area contributed by atoms with Crippen LogP contribution in [0.15, 0.2) is 55.1 Å². The number of rotatable bonds is 3. The van der Waals surface area contributed by atoms with Gasteiger partial charge in [0.2, 0.25) is 0 Å². The number of nitrogens with zero attached hydrogens (tertiary/aromatic N) is 5. The van der Waals surface area contributed by atoms with E-state index in [9.17, 15) is 0 Å². The summed E-state index contributed by atoms with van der Waals surface area (Å²) in [6, 6.07) is 12.6. The molecule has 7 nitrogen and oxygen atoms in total. The number of nitrogen functional groups attached to an aromatic ring is 1. The normalized spacial score (nSPS) is 16.2. The van der Waals surface area contributed by atoms with Crippen LogP contribution in [0.2, 0.25) is 0 Å². The fourth-order valence-electron chi connectivity index (χ4n) is 3.80. The fraction of sp³-hybridized carbons (Fsp3) is 0.200. The van der Waals surface area contributed by atoms with Gasteiger partial charge in [-0.25, -0.2) is 19.5 Å². The van der Waals surface area contributed by atoms with Crippen LogP contribution >= 0.6 is 0 Å². The minimum absolute atomic E-state index is 0. The van der Waals surface area contributed by atoms with Crippen LogP contribution in [0.3, 0.4) is 0 Å². The summed E-state index contributed by atoms with van der Waals surface area (Å²) in [5, 5.41) is 7.88. The Morgan fingerprint density at radius 3 is 3.04 bits per heavy atom. The highest BCUT2D eigenvalue weighted by Crippen LogP contribution is 2.33. The molecule has 0 fully saturated rings. The molecule has 5 rings (SSSR count). The maximum Gasteiger partial charge on any atom is 0.166 e. The molecule has 1 atom stereocenters. The highest BCUT2D eigenvalue weighted by molar-refractivity contribution is 5.84. The third-order valence-electron chi connectivity index (χ3n) is 5.04. The highest BCUT2D eigenvalue weighted by Gasteiger charge is 2.21. The van der Waals surface area contributed by atoms with E-state index in [2.05, 4.69) is 49.6 Å². The average Bonchev–Trinajstić information content (AvgIpc) is 3.04. The third-order valence-corrected chi connectivity index (χ3v) is 5.04. The molecule has 1 aliphatic rings. The molecule has 0 saturated heterocycles. The van der Waals surface area contributed by atoms with Gasteiger partial charge in [0.25, 0.3) is 0 Å². The number of hydrogen-bond acceptors (Lipinski definition) is 6. The lowest BCUT2D eigenvalue weighted by Gasteiger charge is -2.26. The Morgan fingerprint density at radius 2 is 2.07 bits per heavy atom. The molecule has 1 aromatic carbocycles. The zero-order valence-electron chi connectivity index (χ0n) is 14.7. The first-order valence-corrected chi connectivity index (χ1v) is 9.05. The van der Waals surface area contributed by atoms with E-state index in [1.165, 1.54) is 11.1 Å². The number of nitrogens with two attached hydrogens (primary N) is 1. The van der Waals surface area contributed by atoms with Crippen molar-refractivity contribution in [2.45, 2.75) is 25.3 Å². The van der Waals surface area contributed by atoms with E-state index in [1.807, 2.05) is 18.3 Å². The number of nitrogens with one attached hydrogen (secondary N) is 1. The Morgan fingerprint density at radius 1 is 1.15 bits per heavy atom. The first kappa shape index (κ1) is 15.7. The number of hydrogen-bond donors (Lipinski definition) is 2. The molecule has 0 spiro atoms. The Hall–Kier alpha value is -3.48. The maximum absolute atomic E-state index is 6.13. The van der Waals surface area contributed by atoms with Gasteiger partial charge in [-0.3, -0.25) is 0 Å². The van der Waals surface area contributed by atoms with Crippen LogP contribution in [0.4, 0.5) is 11.6 Å². The molecule has 0 saturated carbocycles. The quantitative estimate of drug-likeness (QED) is 0.571. The van der Waals surface area contributed by atoms with Crippen molar-refractivity contribution < 1.29 is 4.28 Å². The second-order valence-corrected chi connectivity index (χ2v) is 6.72. The molecule has 3 aromatic heterocycles. The molecule has 0 aliphatic heterocycles. The molecule has 0 amide bonds. The van der Waals surface area contributed by atoms with E-state index in [-0.39, 0.29) is 10.3 Å². The van der Waals surface area contributed by atoms with Gasteiger partial charge in [0.1, 0.15) is 12.1 Å². The molecular weight excluding hydrogens is 338 g/mol. The molecule has 140 valence electrons. The Bertz CT molecular complexity index is 1130. The standard InChI is InChI=1S/C20H19N7.3H2/c21-19-18(20-22-9-4-10-27(20)26-19)16-11-17(24-12-23-16)25-15-8-3-6-13-5-1-2-7-14(13)15;;;/h1-2,4-5,7,9-12,15H,3,6,8H2,(H2,21,26)(H,23,24,25);3*1H/t15-;;;/m1.../s1. The summed E-state index contributed by atoms with van der Waals surface area (Å²) in [6.45, 7) is 0. The zero-order valence-corrected chi connectivity index (χ0v) is 14.7. The number of aromatic nitrogens is 5. The third kappa shape index (κ3) is 2.77. The molecule has 0 radical (unpaired) electrons. The van der Waals surface area contributed by atoms with E-state index in [4.69, 9.17) is 5.73 Å². The first-order chi connectivity index (χ1) is 13.3. The topological polar surface area (TPSA) is 94.0 Å². The lowest BCUT2D eigenvalue weighted by molar-refractivity contribution is 0.598. The van der Waals surface area contributed by atoms with Crippen LogP contribution in [0.1, 0.15) is 34.3 Å². The summed E-state index contributed by atoms with van der Waals surface area (Å²) in [4.78, 5) is 13.2. The minimum Gasteiger partial charge on any atom is -0.382 e. The number of fused-ring (bicyclic) bond motifs is 2. The summed E-state index contributed by atoms with van der Waals surface area (Å²) < 4.78 is 1.66. The second kappa shape index (κ2) is 6.35. The van der Waals surface area contributed by atoms with Gasteiger partial charge in [0, 0.05) is 22.7 Å². The first-order valence-electron chi connectivity index (χ1n) is 9.05. The van der Waals surface area contributed by atoms with Gasteiger partial charge in [-0.05, 0) is 36.5 Å². The van der Waals surface area contributed by atoms with E-state index >= 15 is 0 Å². The van der Waals surface area contributed by atoms with Crippen LogP contribution < -0.4 is 11.1 Å². The van der Waals surface area contributed by atoms with Gasteiger partial charge in [-0.15, -0.1) is 5.10 Å². The van der Waals surface area contributed by atoms with E-state index in [1.54, 1.807) is 17.0 Å². The van der Waals surface area contributed by atoms with E-state index < -0.39 is 0 Å². The maximum atomic E-state index is 6.13. The van der Waals surface area contributed by atoms with Gasteiger partial charge >= 0.3 is 0 Å². The fourth-order valence-corrected chi connectivity index (χ4v) is 3.80. The summed E-state index contributed by atoms with van der Waals surface area (Å²) in [5.74, 6) is 1.18. The van der Waals surface area contributed by atoms with Crippen LogP contribution in [0.5, 0.6) is 0 Å². The van der Waals surface area contributed by atoms with Crippen molar-refractivity contribution in [3.8, 4) is 11.3 Å². The predicted octanol–water partition coefficient (Wildman–Crippen LogP) is 4.00. The summed E-state index contributed by atoms with van der Waals surface area (Å²) in [5.41, 5.74) is 11.0. The van der Waals surface area contributed by atoms with E-state index in [0.29, 0.717) is 17.2 Å². The zero-order chi connectivity index (χ0) is 18.2. The number of benzene rings is 1. The second-order valence-electron chi connectivity index (χ2n) is 6.72. The molecule has 0 unspecified atom stereocenters. The van der Waals surface area contributed by atoms with Gasteiger partial charge in [0.15, 0.2) is 11.5 Å². The predicted molar refractivity (Wildman–Crippen MR) is 111 cm³/mol. The van der Waals surface area contributed by atoms with Crippen molar-refractivity contribution in [1.82, 2.24) is 24.6 Å². The van der Waals surface area contributed by atoms with E-state index in [0.717, 1.165) is 30.6 Å². The monoisotopic (exact) mass is 363 g/mol. The lowest BCUT2D eigenvalue weighted by Crippen LogP contribution is -2.17. The van der Waals surface area contributed by atoms with Crippen molar-refractivity contribution in [3.05, 3.63) is 66.2 Å². The number of anilines is 2. The molecule has 0 bridgehead atoms. The van der Waals surface area contributed by atoms with Crippen molar-refractivity contribution in [1.29, 1.82) is 0 Å². The van der Waals surface area contributed by atoms with Crippen molar-refractivity contribution >= 4 is 17.3 Å². The SMILES string of the molecule is Nc1nn2cccnc2c1-c1cc(N[C@@H]2CCCc3ccccc32)ncn1.[HH].[HH].[HH]. The Kier molecular flexibility index (Phi) is 3.71. The summed E-state index contributed by atoms with van der Waals surface area (Å²) >= 11 is 0. The molecule has 3 N–H and O–H groups in total. The smallest absolute Gasteiger partial charge is 0.166 e. The Labute approximate surface area is 160 Å². The molecular formula is C20H25N7. The van der Waals surface area contributed by atoms with Gasteiger partial charge < -0.3 is 11.1 Å². The van der Waals surface area contributed by atoms with Gasteiger partial charge in [0.05, 0.1) is 17.3 Å². The van der Waals surface area contributed by atoms with Crippen LogP contribution in [0, 0.1) is 0 Å². The van der Waals surface area contributed by atoms with Crippen molar-refractivity contribution in [2.75, 3.05) is 11.1 Å². The summed E-state index contributed by atoms with van der Waals surface area (Å²) in [6.07, 6.45) is 8.47. The molecule has 4 aromatic rings. The molecule has 3 heterocycles. The lowest BCUT2D eigenvalue weighted by atomic mass is 9.88. The molecule has 27 heavy (non-hydrogen) atoms. The Balaban J connectivity index is 0.00000107. The van der Waals surface area contributed by atoms with Gasteiger partial charge in [-0.1, -0.05) is 24.3 Å². The highest BCUT2D eigenvalue weighted by atomic mass is 15.3. The van der Waals surface area contributed by atoms with Crippen molar-refractivity contribution in [2.24, 2.45) is 0 Å². The molecule has 7 heteroatoms. The van der Waals surface area contributed by atoms with Crippen LogP contribution in [-0.4, -0.2) is 24.6 Å². The van der Waals surface area contributed by atoms with Crippen LogP contribution in [-0.2, 0) is 6.42 Å². The van der Waals surface area contributed by atoms with Crippen LogP contribution in [0.25, 0.3) is 16.9 Å². The summed E-state index contributed by atoms with van der Waals surface area (Å²) in [7, 11) is 0. The van der Waals surface area contributed by atoms with Gasteiger partial charge in [-0.2, -0.15) is 0 Å². The average molecular weight is 363 g/mol. The largest absolute Gasteiger partial charge is 0.382 e. The molecule has 1 aliphatic carbocycles.